The molecule has 0 unspecified atom stereocenters. The maximum Gasteiger partial charge on any atom is 0.331 e. The number of amides is 4. The molecule has 1 saturated heterocycles. The first-order chi connectivity index (χ1) is 17.0. The molecule has 0 radical (unpaired) electrons. The van der Waals surface area contributed by atoms with Gasteiger partial charge in [0.05, 0.1) is 0 Å². The van der Waals surface area contributed by atoms with Crippen molar-refractivity contribution >= 4 is 34.8 Å². The first-order valence-corrected chi connectivity index (χ1v) is 11.2. The van der Waals surface area contributed by atoms with Gasteiger partial charge in [-0.15, -0.1) is 0 Å². The van der Waals surface area contributed by atoms with Crippen LogP contribution >= 0.6 is 0 Å². The molecule has 3 aromatic carbocycles. The second-order valence-electron chi connectivity index (χ2n) is 8.37. The number of hydrogen-bond acceptors (Lipinski definition) is 3. The van der Waals surface area contributed by atoms with E-state index in [0.717, 1.165) is 26.9 Å². The molecular weight excluding hydrogens is 445 g/mol. The SMILES string of the molecule is O=C1NC(=O)N(CCc2ccc(F)cc2)C(=O)C1=Cc1cn(Cc2ccccc2)c2ccccc12. The topological polar surface area (TPSA) is 71.4 Å². The molecule has 1 aromatic heterocycles. The summed E-state index contributed by atoms with van der Waals surface area (Å²) in [7, 11) is 0. The molecule has 1 aliphatic heterocycles. The van der Waals surface area contributed by atoms with Crippen LogP contribution in [-0.4, -0.2) is 33.9 Å². The van der Waals surface area contributed by atoms with Crippen molar-refractivity contribution in [2.24, 2.45) is 0 Å². The number of hydrogen-bond donors (Lipinski definition) is 1. The van der Waals surface area contributed by atoms with E-state index in [-0.39, 0.29) is 17.9 Å². The molecule has 1 fully saturated rings. The molecule has 7 heteroatoms. The summed E-state index contributed by atoms with van der Waals surface area (Å²) in [6.07, 6.45) is 3.79. The fraction of sp³-hybridized carbons (Fsp3) is 0.107. The summed E-state index contributed by atoms with van der Waals surface area (Å²) >= 11 is 0. The number of fused-ring (bicyclic) bond motifs is 1. The Kier molecular flexibility index (Phi) is 5.97. The average Bonchev–Trinajstić information content (AvgIpc) is 3.20. The maximum absolute atomic E-state index is 13.2. The Balaban J connectivity index is 1.45. The molecule has 0 saturated carbocycles. The minimum Gasteiger partial charge on any atom is -0.342 e. The monoisotopic (exact) mass is 467 g/mol. The van der Waals surface area contributed by atoms with Crippen molar-refractivity contribution < 1.29 is 18.8 Å². The van der Waals surface area contributed by atoms with Crippen LogP contribution in [0.25, 0.3) is 17.0 Å². The average molecular weight is 468 g/mol. The van der Waals surface area contributed by atoms with E-state index in [1.54, 1.807) is 18.2 Å². The quantitative estimate of drug-likeness (QED) is 0.335. The summed E-state index contributed by atoms with van der Waals surface area (Å²) in [5, 5.41) is 3.16. The Hall–Kier alpha value is -4.52. The van der Waals surface area contributed by atoms with Crippen molar-refractivity contribution in [2.45, 2.75) is 13.0 Å². The van der Waals surface area contributed by atoms with Crippen LogP contribution in [0.1, 0.15) is 16.7 Å². The van der Waals surface area contributed by atoms with Gasteiger partial charge in [-0.1, -0.05) is 60.7 Å². The second-order valence-corrected chi connectivity index (χ2v) is 8.37. The summed E-state index contributed by atoms with van der Waals surface area (Å²) in [5.41, 5.74) is 3.47. The highest BCUT2D eigenvalue weighted by atomic mass is 19.1. The lowest BCUT2D eigenvalue weighted by molar-refractivity contribution is -0.130. The summed E-state index contributed by atoms with van der Waals surface area (Å²) in [4.78, 5) is 39.2. The van der Waals surface area contributed by atoms with Crippen LogP contribution in [0.5, 0.6) is 0 Å². The number of halogens is 1. The molecule has 0 spiro atoms. The van der Waals surface area contributed by atoms with Gasteiger partial charge in [0.25, 0.3) is 11.8 Å². The molecule has 6 nitrogen and oxygen atoms in total. The minimum atomic E-state index is -0.759. The molecule has 2 heterocycles. The van der Waals surface area contributed by atoms with Crippen LogP contribution in [-0.2, 0) is 22.6 Å². The highest BCUT2D eigenvalue weighted by Crippen LogP contribution is 2.26. The van der Waals surface area contributed by atoms with Gasteiger partial charge in [-0.2, -0.15) is 0 Å². The summed E-state index contributed by atoms with van der Waals surface area (Å²) in [6, 6.07) is 22.9. The molecule has 4 amide bonds. The van der Waals surface area contributed by atoms with E-state index in [4.69, 9.17) is 0 Å². The van der Waals surface area contributed by atoms with Gasteiger partial charge in [-0.3, -0.25) is 19.8 Å². The lowest BCUT2D eigenvalue weighted by Crippen LogP contribution is -2.54. The van der Waals surface area contributed by atoms with E-state index in [2.05, 4.69) is 9.88 Å². The number of nitrogens with zero attached hydrogens (tertiary/aromatic N) is 2. The molecule has 1 aliphatic rings. The summed E-state index contributed by atoms with van der Waals surface area (Å²) < 4.78 is 15.2. The number of aromatic nitrogens is 1. The van der Waals surface area contributed by atoms with Crippen molar-refractivity contribution in [1.82, 2.24) is 14.8 Å². The maximum atomic E-state index is 13.2. The predicted octanol–water partition coefficient (Wildman–Crippen LogP) is 4.53. The molecule has 174 valence electrons. The zero-order valence-corrected chi connectivity index (χ0v) is 18.8. The van der Waals surface area contributed by atoms with Gasteiger partial charge in [0.1, 0.15) is 11.4 Å². The zero-order valence-electron chi connectivity index (χ0n) is 18.8. The van der Waals surface area contributed by atoms with Crippen LogP contribution in [0.4, 0.5) is 9.18 Å². The van der Waals surface area contributed by atoms with E-state index >= 15 is 0 Å². The van der Waals surface area contributed by atoms with Gasteiger partial charge >= 0.3 is 6.03 Å². The minimum absolute atomic E-state index is 0.0662. The number of carbonyl (C=O) groups is 3. The van der Waals surface area contributed by atoms with E-state index in [1.165, 1.54) is 12.1 Å². The summed E-state index contributed by atoms with van der Waals surface area (Å²) in [5.74, 6) is -1.73. The molecule has 0 atom stereocenters. The van der Waals surface area contributed by atoms with Gasteiger partial charge in [0.2, 0.25) is 0 Å². The molecule has 0 aliphatic carbocycles. The van der Waals surface area contributed by atoms with E-state index in [1.807, 2.05) is 60.8 Å². The van der Waals surface area contributed by atoms with Crippen LogP contribution in [0.15, 0.2) is 90.6 Å². The first kappa shape index (κ1) is 22.3. The van der Waals surface area contributed by atoms with Gasteiger partial charge in [-0.25, -0.2) is 9.18 Å². The molecular formula is C28H22FN3O3. The van der Waals surface area contributed by atoms with Crippen LogP contribution < -0.4 is 5.32 Å². The fourth-order valence-corrected chi connectivity index (χ4v) is 4.25. The zero-order chi connectivity index (χ0) is 24.4. The first-order valence-electron chi connectivity index (χ1n) is 11.2. The third-order valence-corrected chi connectivity index (χ3v) is 6.04. The molecule has 1 N–H and O–H groups in total. The smallest absolute Gasteiger partial charge is 0.331 e. The number of barbiturate groups is 1. The number of carbonyl (C=O) groups excluding carboxylic acids is 3. The number of imide groups is 2. The van der Waals surface area contributed by atoms with Crippen molar-refractivity contribution in [3.05, 3.63) is 113 Å². The number of nitrogens with one attached hydrogen (secondary N) is 1. The van der Waals surface area contributed by atoms with Crippen molar-refractivity contribution in [3.63, 3.8) is 0 Å². The van der Waals surface area contributed by atoms with Crippen LogP contribution in [0, 0.1) is 5.82 Å². The Bertz CT molecular complexity index is 1460. The molecule has 5 rings (SSSR count). The Labute approximate surface area is 201 Å². The van der Waals surface area contributed by atoms with E-state index < -0.39 is 17.8 Å². The van der Waals surface area contributed by atoms with Gasteiger partial charge in [-0.05, 0) is 41.8 Å². The number of rotatable bonds is 6. The summed E-state index contributed by atoms with van der Waals surface area (Å²) in [6.45, 7) is 0.698. The van der Waals surface area contributed by atoms with E-state index in [0.29, 0.717) is 18.5 Å². The third-order valence-electron chi connectivity index (χ3n) is 6.04. The number of benzene rings is 3. The normalized spacial score (nSPS) is 15.2. The number of urea groups is 1. The standard InChI is InChI=1S/C28H22FN3O3/c29-22-12-10-19(11-13-22)14-15-32-27(34)24(26(33)30-28(32)35)16-21-18-31(17-20-6-2-1-3-7-20)25-9-5-4-8-23(21)25/h1-13,16,18H,14-15,17H2,(H,30,33,35). The number of para-hydroxylation sites is 1. The van der Waals surface area contributed by atoms with Gasteiger partial charge < -0.3 is 4.57 Å². The Morgan fingerprint density at radius 1 is 0.829 bits per heavy atom. The fourth-order valence-electron chi connectivity index (χ4n) is 4.25. The van der Waals surface area contributed by atoms with E-state index in [9.17, 15) is 18.8 Å². The third kappa shape index (κ3) is 4.61. The molecule has 4 aromatic rings. The van der Waals surface area contributed by atoms with Crippen molar-refractivity contribution in [1.29, 1.82) is 0 Å². The van der Waals surface area contributed by atoms with Crippen molar-refractivity contribution in [3.8, 4) is 0 Å². The largest absolute Gasteiger partial charge is 0.342 e. The highest BCUT2D eigenvalue weighted by molar-refractivity contribution is 6.31. The second kappa shape index (κ2) is 9.38. The van der Waals surface area contributed by atoms with Crippen LogP contribution in [0.2, 0.25) is 0 Å². The Morgan fingerprint density at radius 2 is 1.54 bits per heavy atom. The lowest BCUT2D eigenvalue weighted by Gasteiger charge is -2.26. The molecule has 35 heavy (non-hydrogen) atoms. The van der Waals surface area contributed by atoms with Gasteiger partial charge in [0.15, 0.2) is 0 Å². The van der Waals surface area contributed by atoms with Gasteiger partial charge in [0, 0.05) is 35.8 Å². The van der Waals surface area contributed by atoms with Crippen LogP contribution in [0.3, 0.4) is 0 Å². The predicted molar refractivity (Wildman–Crippen MR) is 131 cm³/mol. The van der Waals surface area contributed by atoms with Crippen molar-refractivity contribution in [2.75, 3.05) is 6.54 Å². The molecule has 0 bridgehead atoms. The Morgan fingerprint density at radius 3 is 2.31 bits per heavy atom. The highest BCUT2D eigenvalue weighted by Gasteiger charge is 2.35. The lowest BCUT2D eigenvalue weighted by atomic mass is 10.1.